The molecule has 0 saturated heterocycles. The van der Waals surface area contributed by atoms with Gasteiger partial charge in [-0.1, -0.05) is 12.1 Å². The maximum absolute atomic E-state index is 13.3. The summed E-state index contributed by atoms with van der Waals surface area (Å²) in [7, 11) is 0. The van der Waals surface area contributed by atoms with Gasteiger partial charge in [0.15, 0.2) is 5.82 Å². The van der Waals surface area contributed by atoms with Gasteiger partial charge in [0.1, 0.15) is 11.8 Å². The van der Waals surface area contributed by atoms with Crippen molar-refractivity contribution >= 4 is 40.1 Å². The second-order valence-electron chi connectivity index (χ2n) is 7.24. The number of amides is 1. The molecule has 1 unspecified atom stereocenters. The number of aryl methyl sites for hydroxylation is 1. The number of fused-ring (bicyclic) bond motifs is 1. The number of rotatable bonds is 6. The first-order valence-electron chi connectivity index (χ1n) is 9.86. The Hall–Kier alpha value is -2.92. The minimum Gasteiger partial charge on any atom is -0.508 e. The molecule has 1 amide bonds. The van der Waals surface area contributed by atoms with Crippen molar-refractivity contribution in [2.75, 3.05) is 17.2 Å². The molecule has 3 aromatic rings. The van der Waals surface area contributed by atoms with Gasteiger partial charge in [0.05, 0.1) is 5.57 Å². The smallest absolute Gasteiger partial charge is 0.255 e. The minimum absolute atomic E-state index is 0.0552. The number of anilines is 2. The topological polar surface area (TPSA) is 112 Å². The highest BCUT2D eigenvalue weighted by Crippen LogP contribution is 2.36. The van der Waals surface area contributed by atoms with Crippen molar-refractivity contribution in [2.45, 2.75) is 25.8 Å². The molecule has 2 aromatic carbocycles. The molecule has 1 aliphatic heterocycles. The third-order valence-electron chi connectivity index (χ3n) is 5.01. The molecule has 0 saturated carbocycles. The fourth-order valence-electron chi connectivity index (χ4n) is 3.53. The Labute approximate surface area is 193 Å². The Bertz CT molecular complexity index is 1120. The van der Waals surface area contributed by atoms with E-state index in [2.05, 4.69) is 43.3 Å². The van der Waals surface area contributed by atoms with E-state index >= 15 is 0 Å². The zero-order valence-corrected chi connectivity index (χ0v) is 19.0. The van der Waals surface area contributed by atoms with Gasteiger partial charge in [-0.3, -0.25) is 4.79 Å². The van der Waals surface area contributed by atoms with Crippen molar-refractivity contribution in [3.8, 4) is 5.75 Å². The summed E-state index contributed by atoms with van der Waals surface area (Å²) in [6.07, 6.45) is 1.09. The molecular weight excluding hydrogens is 509 g/mol. The summed E-state index contributed by atoms with van der Waals surface area (Å²) < 4.78 is 2.77. The number of halogens is 1. The van der Waals surface area contributed by atoms with Crippen molar-refractivity contribution in [1.29, 1.82) is 0 Å². The fraction of sp³-hybridized carbons (Fsp3) is 0.227. The lowest BCUT2D eigenvalue weighted by Gasteiger charge is -2.28. The molecular formula is C22H22IN5O3. The van der Waals surface area contributed by atoms with Gasteiger partial charge in [0.25, 0.3) is 5.91 Å². The predicted octanol–water partition coefficient (Wildman–Crippen LogP) is 3.44. The van der Waals surface area contributed by atoms with Crippen LogP contribution in [0.2, 0.25) is 0 Å². The molecule has 1 atom stereocenters. The van der Waals surface area contributed by atoms with Gasteiger partial charge in [0, 0.05) is 28.0 Å². The highest BCUT2D eigenvalue weighted by molar-refractivity contribution is 14.1. The number of hydrogen-bond donors (Lipinski definition) is 4. The number of aromatic hydroxyl groups is 1. The predicted molar refractivity (Wildman–Crippen MR) is 126 cm³/mol. The number of phenolic OH excluding ortho intramolecular Hbond substituents is 1. The molecule has 9 heteroatoms. The molecule has 0 bridgehead atoms. The van der Waals surface area contributed by atoms with E-state index in [9.17, 15) is 9.90 Å². The second-order valence-corrected chi connectivity index (χ2v) is 8.49. The van der Waals surface area contributed by atoms with E-state index in [4.69, 9.17) is 5.11 Å². The number of nitrogens with one attached hydrogen (secondary N) is 2. The lowest BCUT2D eigenvalue weighted by Crippen LogP contribution is -2.31. The summed E-state index contributed by atoms with van der Waals surface area (Å²) in [6.45, 7) is 1.89. The summed E-state index contributed by atoms with van der Waals surface area (Å²) in [6, 6.07) is 13.8. The van der Waals surface area contributed by atoms with E-state index in [0.717, 1.165) is 9.13 Å². The van der Waals surface area contributed by atoms with E-state index in [0.29, 0.717) is 41.6 Å². The van der Waals surface area contributed by atoms with Crippen molar-refractivity contribution < 1.29 is 15.0 Å². The van der Waals surface area contributed by atoms with E-state index < -0.39 is 6.04 Å². The van der Waals surface area contributed by atoms with Gasteiger partial charge in [-0.15, -0.1) is 0 Å². The van der Waals surface area contributed by atoms with Crippen LogP contribution in [0.25, 0.3) is 0 Å². The molecule has 31 heavy (non-hydrogen) atoms. The van der Waals surface area contributed by atoms with Gasteiger partial charge < -0.3 is 20.8 Å². The van der Waals surface area contributed by atoms with Gasteiger partial charge in [0.2, 0.25) is 5.95 Å². The average Bonchev–Trinajstić information content (AvgIpc) is 3.15. The number of nitrogens with zero attached hydrogens (tertiary/aromatic N) is 3. The maximum Gasteiger partial charge on any atom is 0.255 e. The first-order chi connectivity index (χ1) is 15.0. The number of aliphatic hydroxyl groups is 1. The Morgan fingerprint density at radius 2 is 1.90 bits per heavy atom. The van der Waals surface area contributed by atoms with Crippen LogP contribution in [0, 0.1) is 3.57 Å². The number of phenols is 1. The molecule has 4 rings (SSSR count). The summed E-state index contributed by atoms with van der Waals surface area (Å²) in [5, 5.41) is 29.6. The molecule has 0 aliphatic carbocycles. The van der Waals surface area contributed by atoms with Crippen LogP contribution in [0.4, 0.5) is 11.6 Å². The summed E-state index contributed by atoms with van der Waals surface area (Å²) in [5.41, 5.74) is 2.68. The maximum atomic E-state index is 13.3. The largest absolute Gasteiger partial charge is 0.508 e. The van der Waals surface area contributed by atoms with Crippen LogP contribution >= 0.6 is 22.6 Å². The first kappa shape index (κ1) is 21.3. The molecule has 8 nitrogen and oxygen atoms in total. The molecule has 1 aromatic heterocycles. The number of aromatic nitrogens is 3. The van der Waals surface area contributed by atoms with Crippen molar-refractivity contribution in [1.82, 2.24) is 14.8 Å². The van der Waals surface area contributed by atoms with Crippen LogP contribution in [0.1, 0.15) is 30.8 Å². The third kappa shape index (κ3) is 4.57. The number of carbonyl (C=O) groups excluding carboxylic acids is 1. The van der Waals surface area contributed by atoms with Crippen molar-refractivity contribution in [2.24, 2.45) is 0 Å². The number of benzene rings is 2. The quantitative estimate of drug-likeness (QED) is 0.363. The number of aliphatic hydroxyl groups excluding tert-OH is 1. The van der Waals surface area contributed by atoms with Crippen LogP contribution in [0.15, 0.2) is 59.8 Å². The normalized spacial score (nSPS) is 15.4. The molecule has 2 heterocycles. The number of allylic oxidation sites excluding steroid dienone is 1. The zero-order chi connectivity index (χ0) is 22.0. The van der Waals surface area contributed by atoms with Gasteiger partial charge >= 0.3 is 0 Å². The first-order valence-corrected chi connectivity index (χ1v) is 10.9. The third-order valence-corrected chi connectivity index (χ3v) is 5.73. The van der Waals surface area contributed by atoms with Crippen molar-refractivity contribution in [3.63, 3.8) is 0 Å². The Balaban J connectivity index is 1.74. The van der Waals surface area contributed by atoms with E-state index in [-0.39, 0.29) is 18.3 Å². The monoisotopic (exact) mass is 531 g/mol. The average molecular weight is 531 g/mol. The number of carbonyl (C=O) groups is 1. The SMILES string of the molecule is CC1=C(C(=O)Nc2ccc(I)cc2)C(c2ccc(O)cc2)n2nc(CCCO)nc2N1. The molecule has 1 aliphatic rings. The van der Waals surface area contributed by atoms with E-state index in [1.54, 1.807) is 28.9 Å². The van der Waals surface area contributed by atoms with Gasteiger partial charge in [-0.25, -0.2) is 4.68 Å². The summed E-state index contributed by atoms with van der Waals surface area (Å²) in [5.74, 6) is 1.02. The van der Waals surface area contributed by atoms with Crippen LogP contribution in [-0.4, -0.2) is 37.5 Å². The van der Waals surface area contributed by atoms with Gasteiger partial charge in [-0.05, 0) is 77.9 Å². The fourth-order valence-corrected chi connectivity index (χ4v) is 3.89. The van der Waals surface area contributed by atoms with Crippen LogP contribution in [0.3, 0.4) is 0 Å². The highest BCUT2D eigenvalue weighted by atomic mass is 127. The summed E-state index contributed by atoms with van der Waals surface area (Å²) >= 11 is 2.22. The van der Waals surface area contributed by atoms with Crippen LogP contribution in [-0.2, 0) is 11.2 Å². The standard InChI is InChI=1S/C22H22IN5O3/c1-13-19(21(31)25-16-8-6-15(23)7-9-16)20(14-4-10-17(30)11-5-14)28-22(24-13)26-18(27-28)3-2-12-29/h4-11,20,29-30H,2-3,12H2,1H3,(H,25,31)(H,24,26,27). The Morgan fingerprint density at radius 3 is 2.58 bits per heavy atom. The highest BCUT2D eigenvalue weighted by Gasteiger charge is 2.34. The molecule has 0 fully saturated rings. The van der Waals surface area contributed by atoms with E-state index in [1.807, 2.05) is 31.2 Å². The Kier molecular flexibility index (Phi) is 6.23. The Morgan fingerprint density at radius 1 is 1.19 bits per heavy atom. The molecule has 160 valence electrons. The lowest BCUT2D eigenvalue weighted by molar-refractivity contribution is -0.113. The molecule has 4 N–H and O–H groups in total. The minimum atomic E-state index is -0.518. The number of hydrogen-bond acceptors (Lipinski definition) is 6. The van der Waals surface area contributed by atoms with Crippen LogP contribution < -0.4 is 10.6 Å². The van der Waals surface area contributed by atoms with Crippen LogP contribution in [0.5, 0.6) is 5.75 Å². The van der Waals surface area contributed by atoms with Crippen molar-refractivity contribution in [3.05, 3.63) is 74.8 Å². The lowest BCUT2D eigenvalue weighted by atomic mass is 9.95. The zero-order valence-electron chi connectivity index (χ0n) is 16.8. The molecule has 0 spiro atoms. The van der Waals surface area contributed by atoms with Gasteiger partial charge in [-0.2, -0.15) is 10.1 Å². The molecule has 0 radical (unpaired) electrons. The van der Waals surface area contributed by atoms with E-state index in [1.165, 1.54) is 0 Å². The summed E-state index contributed by atoms with van der Waals surface area (Å²) in [4.78, 5) is 17.9. The second kappa shape index (κ2) is 9.06.